The number of nitrogens with one attached hydrogen (secondary N) is 1. The number of hydrogen-bond donors (Lipinski definition) is 3. The van der Waals surface area contributed by atoms with Crippen LogP contribution >= 0.6 is 0 Å². The zero-order valence-electron chi connectivity index (χ0n) is 10.4. The number of aliphatic hydroxyl groups is 1. The molecule has 100 valence electrons. The van der Waals surface area contributed by atoms with E-state index >= 15 is 0 Å². The first-order chi connectivity index (χ1) is 8.23. The summed E-state index contributed by atoms with van der Waals surface area (Å²) in [6.07, 6.45) is -0.0276. The highest BCUT2D eigenvalue weighted by atomic mass is 32.2. The van der Waals surface area contributed by atoms with Crippen molar-refractivity contribution >= 4 is 15.7 Å². The Kier molecular flexibility index (Phi) is 3.12. The highest BCUT2D eigenvalue weighted by Crippen LogP contribution is 2.41. The van der Waals surface area contributed by atoms with Crippen LogP contribution in [-0.2, 0) is 10.0 Å². The summed E-state index contributed by atoms with van der Waals surface area (Å²) in [5.74, 6) is 0. The second kappa shape index (κ2) is 4.22. The van der Waals surface area contributed by atoms with Gasteiger partial charge in [-0.1, -0.05) is 19.9 Å². The fourth-order valence-corrected chi connectivity index (χ4v) is 3.50. The molecule has 1 saturated carbocycles. The first-order valence-corrected chi connectivity index (χ1v) is 7.28. The summed E-state index contributed by atoms with van der Waals surface area (Å²) in [7, 11) is -3.58. The van der Waals surface area contributed by atoms with Crippen LogP contribution in [0.25, 0.3) is 0 Å². The van der Waals surface area contributed by atoms with E-state index in [1.165, 1.54) is 12.1 Å². The molecule has 0 aliphatic heterocycles. The zero-order valence-corrected chi connectivity index (χ0v) is 11.2. The Morgan fingerprint density at radius 3 is 2.61 bits per heavy atom. The second-order valence-corrected chi connectivity index (χ2v) is 7.03. The van der Waals surface area contributed by atoms with Gasteiger partial charge in [-0.15, -0.1) is 0 Å². The number of sulfonamides is 1. The number of rotatable bonds is 3. The fourth-order valence-electron chi connectivity index (χ4n) is 2.04. The van der Waals surface area contributed by atoms with Gasteiger partial charge in [-0.25, -0.2) is 13.1 Å². The van der Waals surface area contributed by atoms with Gasteiger partial charge in [0.15, 0.2) is 0 Å². The standard InChI is InChI=1S/C12H18N2O3S/c1-12(2)10(7-11(12)15)14-18(16,17)9-5-3-4-8(13)6-9/h3-6,10-11,14-15H,7,13H2,1-2H3. The van der Waals surface area contributed by atoms with Gasteiger partial charge in [0.25, 0.3) is 0 Å². The highest BCUT2D eigenvalue weighted by Gasteiger charge is 2.48. The maximum atomic E-state index is 12.1. The average molecular weight is 270 g/mol. The molecule has 18 heavy (non-hydrogen) atoms. The summed E-state index contributed by atoms with van der Waals surface area (Å²) < 4.78 is 26.9. The first-order valence-electron chi connectivity index (χ1n) is 5.79. The van der Waals surface area contributed by atoms with Crippen LogP contribution in [0.15, 0.2) is 29.2 Å². The molecule has 0 amide bonds. The van der Waals surface area contributed by atoms with E-state index in [9.17, 15) is 13.5 Å². The lowest BCUT2D eigenvalue weighted by Gasteiger charge is -2.49. The molecule has 0 spiro atoms. The molecule has 0 saturated heterocycles. The number of benzene rings is 1. The molecule has 2 rings (SSSR count). The summed E-state index contributed by atoms with van der Waals surface area (Å²) in [6.45, 7) is 3.68. The largest absolute Gasteiger partial charge is 0.399 e. The lowest BCUT2D eigenvalue weighted by atomic mass is 9.65. The smallest absolute Gasteiger partial charge is 0.240 e. The Labute approximate surface area is 107 Å². The van der Waals surface area contributed by atoms with Crippen molar-refractivity contribution < 1.29 is 13.5 Å². The van der Waals surface area contributed by atoms with Gasteiger partial charge in [0.2, 0.25) is 10.0 Å². The van der Waals surface area contributed by atoms with Crippen molar-refractivity contribution in [3.8, 4) is 0 Å². The van der Waals surface area contributed by atoms with Crippen LogP contribution in [-0.4, -0.2) is 25.7 Å². The van der Waals surface area contributed by atoms with Crippen LogP contribution in [0.1, 0.15) is 20.3 Å². The molecule has 1 aromatic carbocycles. The first kappa shape index (κ1) is 13.3. The van der Waals surface area contributed by atoms with Gasteiger partial charge < -0.3 is 10.8 Å². The average Bonchev–Trinajstić information content (AvgIpc) is 2.28. The SMILES string of the molecule is CC1(C)C(O)CC1NS(=O)(=O)c1cccc(N)c1. The van der Waals surface area contributed by atoms with E-state index in [-0.39, 0.29) is 10.9 Å². The van der Waals surface area contributed by atoms with Crippen LogP contribution < -0.4 is 10.5 Å². The van der Waals surface area contributed by atoms with Crippen molar-refractivity contribution in [2.75, 3.05) is 5.73 Å². The van der Waals surface area contributed by atoms with E-state index in [4.69, 9.17) is 5.73 Å². The molecule has 1 fully saturated rings. The second-order valence-electron chi connectivity index (χ2n) is 5.32. The Morgan fingerprint density at radius 2 is 2.11 bits per heavy atom. The quantitative estimate of drug-likeness (QED) is 0.705. The summed E-state index contributed by atoms with van der Waals surface area (Å²) >= 11 is 0. The van der Waals surface area contributed by atoms with Gasteiger partial charge in [-0.3, -0.25) is 0 Å². The van der Waals surface area contributed by atoms with Crippen molar-refractivity contribution in [3.05, 3.63) is 24.3 Å². The Bertz CT molecular complexity index is 554. The number of anilines is 1. The maximum Gasteiger partial charge on any atom is 0.240 e. The van der Waals surface area contributed by atoms with Crippen molar-refractivity contribution in [2.24, 2.45) is 5.41 Å². The van der Waals surface area contributed by atoms with Gasteiger partial charge in [-0.05, 0) is 24.6 Å². The number of nitrogens with two attached hydrogens (primary N) is 1. The van der Waals surface area contributed by atoms with E-state index in [2.05, 4.69) is 4.72 Å². The molecule has 1 aliphatic carbocycles. The van der Waals surface area contributed by atoms with Crippen molar-refractivity contribution in [3.63, 3.8) is 0 Å². The molecule has 2 atom stereocenters. The summed E-state index contributed by atoms with van der Waals surface area (Å²) in [4.78, 5) is 0.152. The molecule has 0 bridgehead atoms. The molecule has 6 heteroatoms. The van der Waals surface area contributed by atoms with Crippen LogP contribution in [0, 0.1) is 5.41 Å². The Morgan fingerprint density at radius 1 is 1.44 bits per heavy atom. The molecule has 1 aliphatic rings. The van der Waals surface area contributed by atoms with Crippen molar-refractivity contribution in [2.45, 2.75) is 37.3 Å². The van der Waals surface area contributed by atoms with E-state index in [0.717, 1.165) is 0 Å². The third-order valence-electron chi connectivity index (χ3n) is 3.68. The van der Waals surface area contributed by atoms with Crippen LogP contribution in [0.2, 0.25) is 0 Å². The monoisotopic (exact) mass is 270 g/mol. The predicted molar refractivity (Wildman–Crippen MR) is 69.4 cm³/mol. The molecule has 1 aromatic rings. The third-order valence-corrected chi connectivity index (χ3v) is 5.15. The Balaban J connectivity index is 2.19. The van der Waals surface area contributed by atoms with Gasteiger partial charge in [0.05, 0.1) is 11.0 Å². The van der Waals surface area contributed by atoms with Crippen LogP contribution in [0.4, 0.5) is 5.69 Å². The molecule has 0 heterocycles. The summed E-state index contributed by atoms with van der Waals surface area (Å²) in [5, 5.41) is 9.60. The van der Waals surface area contributed by atoms with Gasteiger partial charge in [0.1, 0.15) is 0 Å². The zero-order chi connectivity index (χ0) is 13.6. The minimum atomic E-state index is -3.58. The van der Waals surface area contributed by atoms with Crippen LogP contribution in [0.5, 0.6) is 0 Å². The lowest BCUT2D eigenvalue weighted by molar-refractivity contribution is -0.0645. The molecule has 0 radical (unpaired) electrons. The number of nitrogen functional groups attached to an aromatic ring is 1. The highest BCUT2D eigenvalue weighted by molar-refractivity contribution is 7.89. The van der Waals surface area contributed by atoms with Gasteiger partial charge in [0, 0.05) is 17.1 Å². The molecule has 4 N–H and O–H groups in total. The summed E-state index contributed by atoms with van der Waals surface area (Å²) in [5.41, 5.74) is 5.55. The summed E-state index contributed by atoms with van der Waals surface area (Å²) in [6, 6.07) is 5.91. The molecular formula is C12H18N2O3S. The normalized spacial score (nSPS) is 26.6. The predicted octanol–water partition coefficient (Wildman–Crippen LogP) is 0.707. The van der Waals surface area contributed by atoms with E-state index in [0.29, 0.717) is 12.1 Å². The van der Waals surface area contributed by atoms with Crippen molar-refractivity contribution in [1.82, 2.24) is 4.72 Å². The fraction of sp³-hybridized carbons (Fsp3) is 0.500. The van der Waals surface area contributed by atoms with E-state index in [1.807, 2.05) is 13.8 Å². The topological polar surface area (TPSA) is 92.4 Å². The molecule has 0 aromatic heterocycles. The third kappa shape index (κ3) is 2.23. The van der Waals surface area contributed by atoms with Crippen LogP contribution in [0.3, 0.4) is 0 Å². The minimum absolute atomic E-state index is 0.152. The van der Waals surface area contributed by atoms with Gasteiger partial charge >= 0.3 is 0 Å². The number of aliphatic hydroxyl groups excluding tert-OH is 1. The van der Waals surface area contributed by atoms with Crippen molar-refractivity contribution in [1.29, 1.82) is 0 Å². The number of hydrogen-bond acceptors (Lipinski definition) is 4. The molecule has 5 nitrogen and oxygen atoms in total. The Hall–Kier alpha value is -1.11. The maximum absolute atomic E-state index is 12.1. The molecular weight excluding hydrogens is 252 g/mol. The van der Waals surface area contributed by atoms with Gasteiger partial charge in [-0.2, -0.15) is 0 Å². The minimum Gasteiger partial charge on any atom is -0.399 e. The van der Waals surface area contributed by atoms with E-state index < -0.39 is 21.5 Å². The molecule has 2 unspecified atom stereocenters. The lowest BCUT2D eigenvalue weighted by Crippen LogP contribution is -2.61. The van der Waals surface area contributed by atoms with E-state index in [1.54, 1.807) is 12.1 Å².